The molecule has 2 N–H and O–H groups in total. The summed E-state index contributed by atoms with van der Waals surface area (Å²) in [6, 6.07) is 2.19. The highest BCUT2D eigenvalue weighted by Gasteiger charge is 2.53. The van der Waals surface area contributed by atoms with E-state index in [0.717, 1.165) is 33.5 Å². The molecule has 4 fully saturated rings. The van der Waals surface area contributed by atoms with Crippen molar-refractivity contribution in [3.8, 4) is 6.07 Å². The zero-order valence-electron chi connectivity index (χ0n) is 11.1. The molecule has 4 heteroatoms. The Morgan fingerprint density at radius 3 is 2.32 bits per heavy atom. The monoisotopic (exact) mass is 273 g/mol. The van der Waals surface area contributed by atoms with Crippen molar-refractivity contribution in [2.75, 3.05) is 5.73 Å². The number of nitrogens with zero attached hydrogens (tertiary/aromatic N) is 2. The summed E-state index contributed by atoms with van der Waals surface area (Å²) in [5.41, 5.74) is 7.66. The van der Waals surface area contributed by atoms with E-state index in [2.05, 4.69) is 6.07 Å². The summed E-state index contributed by atoms with van der Waals surface area (Å²) < 4.78 is 0. The topological polar surface area (TPSA) is 62.7 Å². The van der Waals surface area contributed by atoms with Crippen molar-refractivity contribution in [1.29, 1.82) is 5.26 Å². The Kier molecular flexibility index (Phi) is 2.44. The largest absolute Gasteiger partial charge is 0.389 e. The number of hydrogen-bond acceptors (Lipinski definition) is 4. The van der Waals surface area contributed by atoms with E-state index in [9.17, 15) is 0 Å². The van der Waals surface area contributed by atoms with Gasteiger partial charge in [0.25, 0.3) is 0 Å². The highest BCUT2D eigenvalue weighted by molar-refractivity contribution is 7.15. The fourth-order valence-electron chi connectivity index (χ4n) is 5.30. The van der Waals surface area contributed by atoms with Crippen LogP contribution in [0.25, 0.3) is 0 Å². The predicted octanol–water partition coefficient (Wildman–Crippen LogP) is 3.26. The molecule has 0 atom stereocenters. The van der Waals surface area contributed by atoms with Crippen LogP contribution in [0.2, 0.25) is 0 Å². The number of nitrogens with two attached hydrogens (primary N) is 1. The van der Waals surface area contributed by atoms with E-state index in [1.165, 1.54) is 49.9 Å². The number of nitrogen functional groups attached to an aromatic ring is 1. The molecule has 1 heterocycles. The van der Waals surface area contributed by atoms with Crippen LogP contribution in [0.3, 0.4) is 0 Å². The molecule has 5 rings (SSSR count). The van der Waals surface area contributed by atoms with E-state index in [-0.39, 0.29) is 5.41 Å². The quantitative estimate of drug-likeness (QED) is 0.899. The number of hydrogen-bond donors (Lipinski definition) is 1. The summed E-state index contributed by atoms with van der Waals surface area (Å²) in [5.74, 6) is 2.73. The van der Waals surface area contributed by atoms with E-state index in [0.29, 0.717) is 6.42 Å². The normalized spacial score (nSPS) is 39.4. The van der Waals surface area contributed by atoms with Gasteiger partial charge in [-0.15, -0.1) is 11.3 Å². The Bertz CT molecular complexity index is 519. The zero-order valence-corrected chi connectivity index (χ0v) is 11.9. The molecule has 3 nitrogen and oxygen atoms in total. The number of anilines is 1. The molecule has 1 aromatic rings. The first-order valence-electron chi connectivity index (χ1n) is 7.31. The van der Waals surface area contributed by atoms with Crippen LogP contribution < -0.4 is 5.73 Å². The van der Waals surface area contributed by atoms with Gasteiger partial charge >= 0.3 is 0 Å². The number of nitriles is 1. The molecule has 4 saturated carbocycles. The van der Waals surface area contributed by atoms with Crippen LogP contribution in [0.1, 0.15) is 49.2 Å². The molecule has 0 radical (unpaired) electrons. The van der Waals surface area contributed by atoms with Crippen LogP contribution in [0.5, 0.6) is 0 Å². The van der Waals surface area contributed by atoms with Crippen LogP contribution >= 0.6 is 11.3 Å². The van der Waals surface area contributed by atoms with E-state index in [1.54, 1.807) is 0 Å². The summed E-state index contributed by atoms with van der Waals surface area (Å²) in [5, 5.41) is 10.6. The molecule has 0 unspecified atom stereocenters. The Balaban J connectivity index is 1.73. The molecular weight excluding hydrogens is 254 g/mol. The number of thiazole rings is 1. The molecule has 19 heavy (non-hydrogen) atoms. The van der Waals surface area contributed by atoms with Crippen molar-refractivity contribution in [3.05, 3.63) is 10.7 Å². The summed E-state index contributed by atoms with van der Waals surface area (Å²) in [7, 11) is 0. The van der Waals surface area contributed by atoms with E-state index in [1.807, 2.05) is 0 Å². The maximum atomic E-state index is 8.83. The first-order valence-corrected chi connectivity index (χ1v) is 8.13. The third kappa shape index (κ3) is 1.71. The van der Waals surface area contributed by atoms with Gasteiger partial charge in [0.15, 0.2) is 0 Å². The minimum Gasteiger partial charge on any atom is -0.389 e. The SMILES string of the molecule is N#CCc1nc(C23CC4CC(CC(C4)C2)C3)c(N)s1. The number of aromatic nitrogens is 1. The Hall–Kier alpha value is -1.08. The van der Waals surface area contributed by atoms with Crippen LogP contribution in [0, 0.1) is 29.1 Å². The fourth-order valence-corrected chi connectivity index (χ4v) is 6.19. The molecular formula is C15H19N3S. The highest BCUT2D eigenvalue weighted by atomic mass is 32.1. The second-order valence-electron chi connectivity index (χ2n) is 6.85. The highest BCUT2D eigenvalue weighted by Crippen LogP contribution is 2.61. The summed E-state index contributed by atoms with van der Waals surface area (Å²) in [6.07, 6.45) is 8.59. The average molecular weight is 273 g/mol. The molecule has 4 aliphatic rings. The predicted molar refractivity (Wildman–Crippen MR) is 75.7 cm³/mol. The first kappa shape index (κ1) is 11.7. The van der Waals surface area contributed by atoms with Crippen molar-refractivity contribution >= 4 is 16.3 Å². The third-order valence-electron chi connectivity index (χ3n) is 5.47. The standard InChI is InChI=1S/C15H19N3S/c16-2-1-12-18-13(14(17)19-12)15-6-9-3-10(7-15)5-11(4-9)8-15/h9-11H,1,3-8,17H2. The van der Waals surface area contributed by atoms with Crippen LogP contribution in [0.4, 0.5) is 5.00 Å². The van der Waals surface area contributed by atoms with Gasteiger partial charge in [0.2, 0.25) is 0 Å². The van der Waals surface area contributed by atoms with Crippen LogP contribution in [-0.4, -0.2) is 4.98 Å². The molecule has 100 valence electrons. The van der Waals surface area contributed by atoms with Crippen molar-refractivity contribution < 1.29 is 0 Å². The maximum Gasteiger partial charge on any atom is 0.110 e. The van der Waals surface area contributed by atoms with Crippen molar-refractivity contribution in [1.82, 2.24) is 4.98 Å². The molecule has 0 spiro atoms. The fraction of sp³-hybridized carbons (Fsp3) is 0.733. The van der Waals surface area contributed by atoms with Crippen LogP contribution in [-0.2, 0) is 11.8 Å². The molecule has 4 bridgehead atoms. The lowest BCUT2D eigenvalue weighted by atomic mass is 9.49. The second kappa shape index (κ2) is 3.96. The van der Waals surface area contributed by atoms with Gasteiger partial charge in [-0.25, -0.2) is 4.98 Å². The smallest absolute Gasteiger partial charge is 0.110 e. The van der Waals surface area contributed by atoms with E-state index >= 15 is 0 Å². The van der Waals surface area contributed by atoms with E-state index < -0.39 is 0 Å². The molecule has 1 aromatic heterocycles. The van der Waals surface area contributed by atoms with Gasteiger partial charge in [0.1, 0.15) is 10.0 Å². The van der Waals surface area contributed by atoms with Gasteiger partial charge in [-0.3, -0.25) is 0 Å². The Morgan fingerprint density at radius 2 is 1.79 bits per heavy atom. The van der Waals surface area contributed by atoms with Gasteiger partial charge in [-0.05, 0) is 56.3 Å². The van der Waals surface area contributed by atoms with E-state index in [4.69, 9.17) is 16.0 Å². The van der Waals surface area contributed by atoms with Gasteiger partial charge in [-0.2, -0.15) is 5.26 Å². The third-order valence-corrected chi connectivity index (χ3v) is 6.35. The van der Waals surface area contributed by atoms with Gasteiger partial charge in [-0.1, -0.05) is 0 Å². The van der Waals surface area contributed by atoms with Crippen molar-refractivity contribution in [2.24, 2.45) is 17.8 Å². The van der Waals surface area contributed by atoms with Gasteiger partial charge in [0, 0.05) is 5.41 Å². The lowest BCUT2D eigenvalue weighted by Crippen LogP contribution is -2.49. The summed E-state index contributed by atoms with van der Waals surface area (Å²) >= 11 is 1.53. The molecule has 0 aromatic carbocycles. The summed E-state index contributed by atoms with van der Waals surface area (Å²) in [6.45, 7) is 0. The second-order valence-corrected chi connectivity index (χ2v) is 7.97. The molecule has 0 saturated heterocycles. The van der Waals surface area contributed by atoms with Gasteiger partial charge in [0.05, 0.1) is 18.2 Å². The van der Waals surface area contributed by atoms with Crippen LogP contribution in [0.15, 0.2) is 0 Å². The molecule has 0 aliphatic heterocycles. The average Bonchev–Trinajstić information content (AvgIpc) is 2.70. The van der Waals surface area contributed by atoms with Crippen molar-refractivity contribution in [3.63, 3.8) is 0 Å². The zero-order chi connectivity index (χ0) is 13.0. The molecule has 4 aliphatic carbocycles. The lowest BCUT2D eigenvalue weighted by molar-refractivity contribution is -0.00663. The first-order chi connectivity index (χ1) is 9.18. The van der Waals surface area contributed by atoms with Gasteiger partial charge < -0.3 is 5.73 Å². The minimum atomic E-state index is 0.267. The Morgan fingerprint density at radius 1 is 1.21 bits per heavy atom. The minimum absolute atomic E-state index is 0.267. The Labute approximate surface area is 117 Å². The number of rotatable bonds is 2. The summed E-state index contributed by atoms with van der Waals surface area (Å²) in [4.78, 5) is 4.76. The molecule has 0 amide bonds. The maximum absolute atomic E-state index is 8.83. The lowest BCUT2D eigenvalue weighted by Gasteiger charge is -2.56. The van der Waals surface area contributed by atoms with Crippen molar-refractivity contribution in [2.45, 2.75) is 50.4 Å².